The summed E-state index contributed by atoms with van der Waals surface area (Å²) in [4.78, 5) is 30.8. The molecule has 2 N–H and O–H groups in total. The van der Waals surface area contributed by atoms with Gasteiger partial charge in [-0.25, -0.2) is 14.4 Å². The summed E-state index contributed by atoms with van der Waals surface area (Å²) >= 11 is 5.91. The van der Waals surface area contributed by atoms with E-state index >= 15 is 0 Å². The van der Waals surface area contributed by atoms with E-state index in [9.17, 15) is 9.18 Å². The fourth-order valence-electron chi connectivity index (χ4n) is 4.47. The molecule has 1 amide bonds. The molecule has 0 saturated carbocycles. The number of amides is 1. The minimum atomic E-state index is -0.472. The summed E-state index contributed by atoms with van der Waals surface area (Å²) in [6, 6.07) is 12.9. The molecule has 1 aliphatic heterocycles. The van der Waals surface area contributed by atoms with Crippen LogP contribution in [0, 0.1) is 5.82 Å². The van der Waals surface area contributed by atoms with Crippen LogP contribution < -0.4 is 10.2 Å². The first-order chi connectivity index (χ1) is 17.9. The molecule has 0 atom stereocenters. The normalized spacial score (nSPS) is 14.0. The maximum atomic E-state index is 14.1. The summed E-state index contributed by atoms with van der Waals surface area (Å²) < 4.78 is 14.1. The Labute approximate surface area is 220 Å². The van der Waals surface area contributed by atoms with Crippen LogP contribution in [0.5, 0.6) is 0 Å². The second-order valence-electron chi connectivity index (χ2n) is 9.37. The van der Waals surface area contributed by atoms with Gasteiger partial charge in [0.1, 0.15) is 5.82 Å². The van der Waals surface area contributed by atoms with E-state index < -0.39 is 5.82 Å². The molecule has 1 fully saturated rings. The molecule has 0 bridgehead atoms. The number of carbonyl (C=O) groups is 1. The van der Waals surface area contributed by atoms with Crippen molar-refractivity contribution in [3.63, 3.8) is 0 Å². The monoisotopic (exact) mass is 521 g/mol. The van der Waals surface area contributed by atoms with Crippen molar-refractivity contribution in [2.75, 3.05) is 57.0 Å². The van der Waals surface area contributed by atoms with E-state index in [-0.39, 0.29) is 10.9 Å². The molecule has 3 heterocycles. The van der Waals surface area contributed by atoms with Crippen LogP contribution in [-0.4, -0.2) is 77.5 Å². The Morgan fingerprint density at radius 1 is 1.14 bits per heavy atom. The van der Waals surface area contributed by atoms with Crippen molar-refractivity contribution in [3.8, 4) is 11.3 Å². The number of carbonyl (C=O) groups excluding carboxylic acids is 1. The van der Waals surface area contributed by atoms with Crippen LogP contribution in [0.2, 0.25) is 5.02 Å². The fraction of sp³-hybridized carbons (Fsp3) is 0.296. The summed E-state index contributed by atoms with van der Waals surface area (Å²) in [5, 5.41) is 4.02. The summed E-state index contributed by atoms with van der Waals surface area (Å²) in [6.45, 7) is 3.85. The van der Waals surface area contributed by atoms with Gasteiger partial charge in [-0.1, -0.05) is 11.6 Å². The van der Waals surface area contributed by atoms with Crippen LogP contribution in [0.25, 0.3) is 22.2 Å². The molecule has 1 saturated heterocycles. The Bertz CT molecular complexity index is 1400. The van der Waals surface area contributed by atoms with Crippen molar-refractivity contribution < 1.29 is 9.18 Å². The zero-order valence-corrected chi connectivity index (χ0v) is 21.6. The molecule has 0 radical (unpaired) electrons. The number of piperazine rings is 1. The standard InChI is InChI=1S/C27H29ClFN7O/c1-34(2)10-8-26(37)36-13-11-35(12-14-36)19-5-3-18(4-6-19)32-27-30-9-7-24(33-27)21-17-31-25-16-22(28)23(29)15-20(21)25/h3-7,9,15-17,31H,8,10-14H2,1-2H3,(H,30,32,33). The van der Waals surface area contributed by atoms with E-state index in [4.69, 9.17) is 11.6 Å². The lowest BCUT2D eigenvalue weighted by molar-refractivity contribution is -0.131. The number of anilines is 3. The van der Waals surface area contributed by atoms with E-state index in [0.29, 0.717) is 23.4 Å². The van der Waals surface area contributed by atoms with Gasteiger partial charge in [0.15, 0.2) is 0 Å². The lowest BCUT2D eigenvalue weighted by Crippen LogP contribution is -2.49. The molecule has 4 aromatic rings. The number of fused-ring (bicyclic) bond motifs is 1. The number of halogens is 2. The van der Waals surface area contributed by atoms with E-state index in [0.717, 1.165) is 55.2 Å². The molecule has 10 heteroatoms. The number of aromatic nitrogens is 3. The number of nitrogens with zero attached hydrogens (tertiary/aromatic N) is 5. The van der Waals surface area contributed by atoms with Crippen LogP contribution in [0.15, 0.2) is 54.9 Å². The van der Waals surface area contributed by atoms with Crippen molar-refractivity contribution >= 4 is 45.7 Å². The lowest BCUT2D eigenvalue weighted by Gasteiger charge is -2.36. The molecular weight excluding hydrogens is 493 g/mol. The van der Waals surface area contributed by atoms with Gasteiger partial charge >= 0.3 is 0 Å². The highest BCUT2D eigenvalue weighted by Crippen LogP contribution is 2.31. The summed E-state index contributed by atoms with van der Waals surface area (Å²) in [5.41, 5.74) is 4.14. The van der Waals surface area contributed by atoms with Crippen molar-refractivity contribution in [2.45, 2.75) is 6.42 Å². The first-order valence-electron chi connectivity index (χ1n) is 12.2. The lowest BCUT2D eigenvalue weighted by atomic mass is 10.1. The van der Waals surface area contributed by atoms with Gasteiger partial charge in [-0.2, -0.15) is 0 Å². The van der Waals surface area contributed by atoms with E-state index in [2.05, 4.69) is 37.3 Å². The van der Waals surface area contributed by atoms with Crippen LogP contribution in [0.1, 0.15) is 6.42 Å². The number of hydrogen-bond donors (Lipinski definition) is 2. The van der Waals surface area contributed by atoms with E-state index in [1.807, 2.05) is 36.0 Å². The topological polar surface area (TPSA) is 80.4 Å². The third-order valence-electron chi connectivity index (χ3n) is 6.55. The number of H-pyrrole nitrogens is 1. The number of aromatic amines is 1. The quantitative estimate of drug-likeness (QED) is 0.365. The van der Waals surface area contributed by atoms with Gasteiger partial charge in [0.25, 0.3) is 0 Å². The largest absolute Gasteiger partial charge is 0.368 e. The third kappa shape index (κ3) is 5.68. The van der Waals surface area contributed by atoms with Crippen LogP contribution >= 0.6 is 11.6 Å². The molecule has 0 aliphatic carbocycles. The van der Waals surface area contributed by atoms with Crippen molar-refractivity contribution in [3.05, 3.63) is 65.7 Å². The molecule has 37 heavy (non-hydrogen) atoms. The smallest absolute Gasteiger partial charge is 0.227 e. The Hall–Kier alpha value is -3.69. The fourth-order valence-corrected chi connectivity index (χ4v) is 4.64. The summed E-state index contributed by atoms with van der Waals surface area (Å²) in [6.07, 6.45) is 4.02. The molecule has 5 rings (SSSR count). The van der Waals surface area contributed by atoms with Crippen molar-refractivity contribution in [1.82, 2.24) is 24.8 Å². The first kappa shape index (κ1) is 25.0. The van der Waals surface area contributed by atoms with E-state index in [1.165, 1.54) is 6.07 Å². The highest BCUT2D eigenvalue weighted by atomic mass is 35.5. The second-order valence-corrected chi connectivity index (χ2v) is 9.78. The molecule has 0 spiro atoms. The Morgan fingerprint density at radius 2 is 1.89 bits per heavy atom. The number of rotatable bonds is 7. The minimum absolute atomic E-state index is 0.0739. The third-order valence-corrected chi connectivity index (χ3v) is 6.84. The number of benzene rings is 2. The van der Waals surface area contributed by atoms with Gasteiger partial charge in [0.2, 0.25) is 11.9 Å². The maximum Gasteiger partial charge on any atom is 0.227 e. The average Bonchev–Trinajstić information content (AvgIpc) is 3.30. The van der Waals surface area contributed by atoms with Gasteiger partial charge in [-0.15, -0.1) is 0 Å². The van der Waals surface area contributed by atoms with Crippen LogP contribution in [0.4, 0.5) is 21.7 Å². The molecule has 192 valence electrons. The van der Waals surface area contributed by atoms with Gasteiger partial charge in [0, 0.05) is 79.4 Å². The molecule has 0 unspecified atom stereocenters. The molecule has 2 aromatic carbocycles. The summed E-state index contributed by atoms with van der Waals surface area (Å²) in [7, 11) is 3.96. The van der Waals surface area contributed by atoms with Gasteiger partial charge in [0.05, 0.1) is 10.7 Å². The predicted molar refractivity (Wildman–Crippen MR) is 146 cm³/mol. The van der Waals surface area contributed by atoms with Gasteiger partial charge in [-0.05, 0) is 56.6 Å². The molecule has 1 aliphatic rings. The zero-order chi connectivity index (χ0) is 25.9. The highest BCUT2D eigenvalue weighted by molar-refractivity contribution is 6.31. The Kier molecular flexibility index (Phi) is 7.25. The maximum absolute atomic E-state index is 14.1. The van der Waals surface area contributed by atoms with Gasteiger partial charge in [-0.3, -0.25) is 4.79 Å². The van der Waals surface area contributed by atoms with Crippen LogP contribution in [0.3, 0.4) is 0 Å². The highest BCUT2D eigenvalue weighted by Gasteiger charge is 2.21. The minimum Gasteiger partial charge on any atom is -0.368 e. The first-order valence-corrected chi connectivity index (χ1v) is 12.6. The number of nitrogens with one attached hydrogen (secondary N) is 2. The van der Waals surface area contributed by atoms with Gasteiger partial charge < -0.3 is 25.0 Å². The Morgan fingerprint density at radius 3 is 2.62 bits per heavy atom. The Balaban J connectivity index is 1.22. The average molecular weight is 522 g/mol. The SMILES string of the molecule is CN(C)CCC(=O)N1CCN(c2ccc(Nc3nccc(-c4c[nH]c5cc(Cl)c(F)cc45)n3)cc2)CC1. The van der Waals surface area contributed by atoms with Crippen molar-refractivity contribution in [2.24, 2.45) is 0 Å². The second kappa shape index (κ2) is 10.7. The molecule has 2 aromatic heterocycles. The summed E-state index contributed by atoms with van der Waals surface area (Å²) in [5.74, 6) is 0.190. The zero-order valence-electron chi connectivity index (χ0n) is 20.8. The number of hydrogen-bond acceptors (Lipinski definition) is 6. The van der Waals surface area contributed by atoms with Crippen molar-refractivity contribution in [1.29, 1.82) is 0 Å². The predicted octanol–water partition coefficient (Wildman–Crippen LogP) is 4.76. The molecular formula is C27H29ClFN7O. The molecule has 8 nitrogen and oxygen atoms in total. The van der Waals surface area contributed by atoms with Crippen LogP contribution in [-0.2, 0) is 4.79 Å². The van der Waals surface area contributed by atoms with E-state index in [1.54, 1.807) is 24.5 Å².